The van der Waals surface area contributed by atoms with E-state index in [2.05, 4.69) is 44.5 Å². The van der Waals surface area contributed by atoms with Gasteiger partial charge in [0.25, 0.3) is 11.5 Å². The number of allylic oxidation sites excluding steroid dienone is 3. The average molecular weight is 635 g/mol. The van der Waals surface area contributed by atoms with E-state index in [4.69, 9.17) is 16.6 Å². The van der Waals surface area contributed by atoms with Crippen molar-refractivity contribution in [3.05, 3.63) is 68.7 Å². The van der Waals surface area contributed by atoms with E-state index in [1.165, 1.54) is 16.7 Å². The van der Waals surface area contributed by atoms with Crippen molar-refractivity contribution in [3.63, 3.8) is 0 Å². The molecule has 1 aliphatic heterocycles. The third kappa shape index (κ3) is 8.72. The Morgan fingerprint density at radius 1 is 1.20 bits per heavy atom. The number of nitrogens with one attached hydrogen (secondary N) is 1. The van der Waals surface area contributed by atoms with Gasteiger partial charge in [0, 0.05) is 55.8 Å². The standard InChI is InChI=1S/C31H41ClF2N4O2.2C2H6/c1-18(2)23-9-8-22(32)16-24(19(3)39)27(23)35-17-20-14-21(31(6,33)34)15-25-26(20)36-29(37(7)28(25)40)38-12-10-30(4,5)11-13-38;2*1-2/h8,14-16,18,23,27,35,39H,3,9-13,17H2,1-2,4-7H3;2*1-2H3. The zero-order valence-corrected chi connectivity index (χ0v) is 29.1. The largest absolute Gasteiger partial charge is 0.508 e. The summed E-state index contributed by atoms with van der Waals surface area (Å²) in [4.78, 5) is 20.6. The minimum atomic E-state index is -3.14. The number of hydrogen-bond acceptors (Lipinski definition) is 5. The van der Waals surface area contributed by atoms with Crippen molar-refractivity contribution in [2.75, 3.05) is 18.0 Å². The number of halogens is 3. The maximum absolute atomic E-state index is 14.6. The van der Waals surface area contributed by atoms with Crippen LogP contribution in [0.5, 0.6) is 0 Å². The van der Waals surface area contributed by atoms with Crippen molar-refractivity contribution >= 4 is 28.5 Å². The molecule has 2 aliphatic rings. The molecular formula is C35H53ClF2N4O2. The molecule has 6 nitrogen and oxygen atoms in total. The summed E-state index contributed by atoms with van der Waals surface area (Å²) in [5.41, 5.74) is 1.08. The van der Waals surface area contributed by atoms with Gasteiger partial charge in [-0.3, -0.25) is 9.36 Å². The molecule has 1 fully saturated rings. The fraction of sp³-hybridized carbons (Fsp3) is 0.600. The quantitative estimate of drug-likeness (QED) is 0.298. The Bertz CT molecular complexity index is 1410. The van der Waals surface area contributed by atoms with Crippen LogP contribution in [0.1, 0.15) is 92.7 Å². The average Bonchev–Trinajstić information content (AvgIpc) is 3.14. The van der Waals surface area contributed by atoms with Crippen LogP contribution in [-0.2, 0) is 19.5 Å². The molecular weight excluding hydrogens is 582 g/mol. The van der Waals surface area contributed by atoms with Gasteiger partial charge in [0.2, 0.25) is 5.95 Å². The molecule has 246 valence electrons. The first-order chi connectivity index (χ1) is 20.6. The topological polar surface area (TPSA) is 70.4 Å². The van der Waals surface area contributed by atoms with Gasteiger partial charge in [-0.05, 0) is 60.3 Å². The lowest BCUT2D eigenvalue weighted by molar-refractivity contribution is 0.0175. The van der Waals surface area contributed by atoms with Crippen LogP contribution in [0.2, 0.25) is 0 Å². The summed E-state index contributed by atoms with van der Waals surface area (Å²) in [5.74, 6) is -2.42. The molecule has 2 N–H and O–H groups in total. The van der Waals surface area contributed by atoms with Crippen LogP contribution in [0, 0.1) is 17.3 Å². The van der Waals surface area contributed by atoms with Gasteiger partial charge in [0.15, 0.2) is 0 Å². The normalized spacial score (nSPS) is 20.1. The number of aliphatic hydroxyl groups excluding tert-OH is 1. The predicted octanol–water partition coefficient (Wildman–Crippen LogP) is 8.98. The van der Waals surface area contributed by atoms with E-state index < -0.39 is 5.92 Å². The summed E-state index contributed by atoms with van der Waals surface area (Å²) in [6, 6.07) is 2.36. The van der Waals surface area contributed by atoms with Crippen LogP contribution >= 0.6 is 11.6 Å². The zero-order valence-electron chi connectivity index (χ0n) is 28.3. The Balaban J connectivity index is 0.00000162. The highest BCUT2D eigenvalue weighted by Gasteiger charge is 2.32. The Morgan fingerprint density at radius 2 is 1.80 bits per heavy atom. The van der Waals surface area contributed by atoms with Gasteiger partial charge in [-0.25, -0.2) is 13.8 Å². The molecule has 2 atom stereocenters. The van der Waals surface area contributed by atoms with Gasteiger partial charge in [-0.2, -0.15) is 0 Å². The van der Waals surface area contributed by atoms with Crippen molar-refractivity contribution in [3.8, 4) is 0 Å². The SMILES string of the molecule is C=C(O)C1=CC(Cl)=CCC(C(C)C)C1NCc1cc(C(C)(F)F)cc2c(=O)n(C)c(N3CCC(C)(C)CC3)nc12.CC.CC. The number of nitrogens with zero attached hydrogens (tertiary/aromatic N) is 3. The summed E-state index contributed by atoms with van der Waals surface area (Å²) in [6.07, 6.45) is 6.21. The maximum atomic E-state index is 14.6. The predicted molar refractivity (Wildman–Crippen MR) is 182 cm³/mol. The van der Waals surface area contributed by atoms with Gasteiger partial charge in [-0.15, -0.1) is 0 Å². The minimum Gasteiger partial charge on any atom is -0.508 e. The molecule has 2 heterocycles. The fourth-order valence-corrected chi connectivity index (χ4v) is 5.94. The molecule has 2 unspecified atom stereocenters. The van der Waals surface area contributed by atoms with Crippen molar-refractivity contribution in [1.29, 1.82) is 0 Å². The highest BCUT2D eigenvalue weighted by molar-refractivity contribution is 6.31. The van der Waals surface area contributed by atoms with Gasteiger partial charge < -0.3 is 15.3 Å². The minimum absolute atomic E-state index is 0.0570. The number of fused-ring (bicyclic) bond motifs is 1. The van der Waals surface area contributed by atoms with Crippen molar-refractivity contribution in [1.82, 2.24) is 14.9 Å². The van der Waals surface area contributed by atoms with Crippen LogP contribution in [0.3, 0.4) is 0 Å². The number of aliphatic hydroxyl groups is 1. The maximum Gasteiger partial charge on any atom is 0.270 e. The van der Waals surface area contributed by atoms with Crippen LogP contribution < -0.4 is 15.8 Å². The second-order valence-electron chi connectivity index (χ2n) is 12.5. The first-order valence-electron chi connectivity index (χ1n) is 15.9. The van der Waals surface area contributed by atoms with Gasteiger partial charge in [-0.1, -0.05) is 79.6 Å². The van der Waals surface area contributed by atoms with Gasteiger partial charge >= 0.3 is 0 Å². The molecule has 1 aromatic heterocycles. The third-order valence-electron chi connectivity index (χ3n) is 8.49. The van der Waals surface area contributed by atoms with Crippen LogP contribution in [-0.4, -0.2) is 33.8 Å². The lowest BCUT2D eigenvalue weighted by Crippen LogP contribution is -2.41. The smallest absolute Gasteiger partial charge is 0.270 e. The van der Waals surface area contributed by atoms with Gasteiger partial charge in [0.05, 0.1) is 10.9 Å². The Kier molecular flexibility index (Phi) is 13.2. The molecule has 0 amide bonds. The Labute approximate surface area is 267 Å². The number of rotatable bonds is 7. The van der Waals surface area contributed by atoms with E-state index >= 15 is 0 Å². The monoisotopic (exact) mass is 634 g/mol. The number of aromatic nitrogens is 2. The van der Waals surface area contributed by atoms with E-state index in [0.29, 0.717) is 34.1 Å². The molecule has 0 saturated carbocycles. The molecule has 0 spiro atoms. The highest BCUT2D eigenvalue weighted by atomic mass is 35.5. The Morgan fingerprint density at radius 3 is 2.32 bits per heavy atom. The lowest BCUT2D eigenvalue weighted by atomic mass is 9.82. The van der Waals surface area contributed by atoms with Crippen LogP contribution in [0.25, 0.3) is 10.9 Å². The summed E-state index contributed by atoms with van der Waals surface area (Å²) in [7, 11) is 1.65. The fourth-order valence-electron chi connectivity index (χ4n) is 5.73. The molecule has 4 rings (SSSR count). The lowest BCUT2D eigenvalue weighted by Gasteiger charge is -2.38. The summed E-state index contributed by atoms with van der Waals surface area (Å²) in [6.45, 7) is 22.9. The number of anilines is 1. The Hall–Kier alpha value is -2.71. The van der Waals surface area contributed by atoms with E-state index in [0.717, 1.165) is 32.9 Å². The van der Waals surface area contributed by atoms with Crippen molar-refractivity contribution in [2.24, 2.45) is 24.3 Å². The second-order valence-corrected chi connectivity index (χ2v) is 12.9. The molecule has 0 bridgehead atoms. The first-order valence-corrected chi connectivity index (χ1v) is 16.3. The number of piperidine rings is 1. The van der Waals surface area contributed by atoms with E-state index in [1.807, 2.05) is 33.8 Å². The van der Waals surface area contributed by atoms with Gasteiger partial charge in [0.1, 0.15) is 5.76 Å². The van der Waals surface area contributed by atoms with E-state index in [1.54, 1.807) is 13.1 Å². The summed E-state index contributed by atoms with van der Waals surface area (Å²) in [5, 5.41) is 14.6. The number of benzene rings is 1. The second kappa shape index (κ2) is 15.5. The van der Waals surface area contributed by atoms with E-state index in [-0.39, 0.29) is 52.1 Å². The molecule has 2 aromatic rings. The molecule has 1 aliphatic carbocycles. The van der Waals surface area contributed by atoms with E-state index in [9.17, 15) is 18.7 Å². The summed E-state index contributed by atoms with van der Waals surface area (Å²) >= 11 is 6.37. The molecule has 0 radical (unpaired) electrons. The third-order valence-corrected chi connectivity index (χ3v) is 8.75. The molecule has 1 saturated heterocycles. The van der Waals surface area contributed by atoms with Crippen LogP contribution in [0.15, 0.2) is 52.0 Å². The van der Waals surface area contributed by atoms with Crippen molar-refractivity contribution in [2.45, 2.75) is 100 Å². The zero-order chi connectivity index (χ0) is 33.6. The summed E-state index contributed by atoms with van der Waals surface area (Å²) < 4.78 is 30.7. The van der Waals surface area contributed by atoms with Crippen molar-refractivity contribution < 1.29 is 13.9 Å². The number of hydrogen-bond donors (Lipinski definition) is 2. The molecule has 1 aromatic carbocycles. The first kappa shape index (κ1) is 37.5. The highest BCUT2D eigenvalue weighted by Crippen LogP contribution is 2.35. The molecule has 9 heteroatoms. The molecule has 44 heavy (non-hydrogen) atoms. The number of alkyl halides is 2. The van der Waals surface area contributed by atoms with Crippen LogP contribution in [0.4, 0.5) is 14.7 Å².